The Labute approximate surface area is 123 Å². The zero-order valence-electron chi connectivity index (χ0n) is 12.4. The molecule has 0 heterocycles. The van der Waals surface area contributed by atoms with Gasteiger partial charge in [-0.2, -0.15) is 0 Å². The zero-order valence-corrected chi connectivity index (χ0v) is 12.4. The molecule has 2 nitrogen and oxygen atoms in total. The monoisotopic (exact) mass is 291 g/mol. The first-order valence-corrected chi connectivity index (χ1v) is 6.91. The fraction of sp³-hybridized carbons (Fsp3) is 0.294. The van der Waals surface area contributed by atoms with Gasteiger partial charge in [0.1, 0.15) is 17.3 Å². The molecular weight excluding hydrogens is 272 g/mol. The molecular formula is C17H19F2NO. The van der Waals surface area contributed by atoms with Crippen molar-refractivity contribution in [1.29, 1.82) is 0 Å². The summed E-state index contributed by atoms with van der Waals surface area (Å²) in [4.78, 5) is 0. The van der Waals surface area contributed by atoms with Crippen molar-refractivity contribution in [2.45, 2.75) is 33.4 Å². The zero-order chi connectivity index (χ0) is 15.4. The van der Waals surface area contributed by atoms with Gasteiger partial charge in [0.15, 0.2) is 5.82 Å². The maximum absolute atomic E-state index is 13.9. The Hall–Kier alpha value is -2.10. The van der Waals surface area contributed by atoms with Crippen LogP contribution < -0.4 is 10.1 Å². The molecule has 2 rings (SSSR count). The quantitative estimate of drug-likeness (QED) is 0.864. The van der Waals surface area contributed by atoms with Gasteiger partial charge < -0.3 is 10.1 Å². The maximum Gasteiger partial charge on any atom is 0.152 e. The number of aryl methyl sites for hydroxylation is 1. The number of ether oxygens (including phenoxy) is 1. The van der Waals surface area contributed by atoms with E-state index < -0.39 is 11.6 Å². The van der Waals surface area contributed by atoms with Gasteiger partial charge in [-0.1, -0.05) is 18.2 Å². The summed E-state index contributed by atoms with van der Waals surface area (Å²) in [5.41, 5.74) is 1.25. The normalized spacial score (nSPS) is 10.8. The van der Waals surface area contributed by atoms with Crippen molar-refractivity contribution in [2.75, 3.05) is 5.32 Å². The summed E-state index contributed by atoms with van der Waals surface area (Å²) in [5.74, 6) is -0.353. The lowest BCUT2D eigenvalue weighted by molar-refractivity contribution is 0.242. The fourth-order valence-electron chi connectivity index (χ4n) is 1.97. The average Bonchev–Trinajstić information content (AvgIpc) is 2.44. The molecule has 0 aliphatic heterocycles. The minimum atomic E-state index is -0.585. The lowest BCUT2D eigenvalue weighted by Gasteiger charge is -2.12. The Morgan fingerprint density at radius 1 is 1.05 bits per heavy atom. The average molecular weight is 291 g/mol. The van der Waals surface area contributed by atoms with Crippen LogP contribution in [-0.2, 0) is 6.54 Å². The third-order valence-electron chi connectivity index (χ3n) is 3.05. The van der Waals surface area contributed by atoms with E-state index in [-0.39, 0.29) is 11.8 Å². The van der Waals surface area contributed by atoms with Crippen LogP contribution >= 0.6 is 0 Å². The van der Waals surface area contributed by atoms with Crippen molar-refractivity contribution >= 4 is 5.69 Å². The number of hydrogen-bond donors (Lipinski definition) is 1. The number of rotatable bonds is 5. The van der Waals surface area contributed by atoms with E-state index in [2.05, 4.69) is 5.32 Å². The van der Waals surface area contributed by atoms with Crippen molar-refractivity contribution in [3.05, 3.63) is 59.2 Å². The summed E-state index contributed by atoms with van der Waals surface area (Å²) in [6.07, 6.45) is 0.115. The molecule has 4 heteroatoms. The summed E-state index contributed by atoms with van der Waals surface area (Å²) in [5, 5.41) is 2.81. The van der Waals surface area contributed by atoms with Crippen molar-refractivity contribution < 1.29 is 13.5 Å². The van der Waals surface area contributed by atoms with Gasteiger partial charge in [0, 0.05) is 6.54 Å². The van der Waals surface area contributed by atoms with E-state index in [0.29, 0.717) is 12.1 Å². The van der Waals surface area contributed by atoms with Gasteiger partial charge in [0.25, 0.3) is 0 Å². The van der Waals surface area contributed by atoms with E-state index in [1.165, 1.54) is 12.1 Å². The minimum Gasteiger partial charge on any atom is -0.491 e. The molecule has 0 unspecified atom stereocenters. The van der Waals surface area contributed by atoms with Gasteiger partial charge in [-0.05, 0) is 50.1 Å². The van der Waals surface area contributed by atoms with Gasteiger partial charge in [-0.25, -0.2) is 8.78 Å². The molecule has 2 aromatic rings. The highest BCUT2D eigenvalue weighted by Crippen LogP contribution is 2.22. The molecule has 0 saturated heterocycles. The fourth-order valence-corrected chi connectivity index (χ4v) is 1.97. The molecule has 21 heavy (non-hydrogen) atoms. The number of halogens is 2. The molecule has 1 N–H and O–H groups in total. The van der Waals surface area contributed by atoms with E-state index in [0.717, 1.165) is 11.3 Å². The van der Waals surface area contributed by atoms with Crippen LogP contribution in [0.5, 0.6) is 5.75 Å². The molecule has 0 radical (unpaired) electrons. The van der Waals surface area contributed by atoms with Gasteiger partial charge >= 0.3 is 0 Å². The maximum atomic E-state index is 13.9. The molecule has 0 bridgehead atoms. The molecule has 112 valence electrons. The first-order valence-electron chi connectivity index (χ1n) is 6.91. The second-order valence-electron chi connectivity index (χ2n) is 5.22. The SMILES string of the molecule is Cc1ccc(F)c(NCc2ccc(OC(C)C)cc2)c1F. The molecule has 0 aliphatic rings. The topological polar surface area (TPSA) is 21.3 Å². The van der Waals surface area contributed by atoms with Crippen molar-refractivity contribution in [3.63, 3.8) is 0 Å². The summed E-state index contributed by atoms with van der Waals surface area (Å²) >= 11 is 0. The Kier molecular flexibility index (Phi) is 4.78. The van der Waals surface area contributed by atoms with Crippen LogP contribution in [0.1, 0.15) is 25.0 Å². The summed E-state index contributed by atoms with van der Waals surface area (Å²) < 4.78 is 33.0. The van der Waals surface area contributed by atoms with E-state index in [9.17, 15) is 8.78 Å². The highest BCUT2D eigenvalue weighted by molar-refractivity contribution is 5.49. The first-order chi connectivity index (χ1) is 9.97. The van der Waals surface area contributed by atoms with Crippen molar-refractivity contribution in [2.24, 2.45) is 0 Å². The van der Waals surface area contributed by atoms with Crippen LogP contribution in [0.15, 0.2) is 36.4 Å². The summed E-state index contributed by atoms with van der Waals surface area (Å²) in [6, 6.07) is 10.1. The number of benzene rings is 2. The van der Waals surface area contributed by atoms with E-state index in [1.54, 1.807) is 6.92 Å². The summed E-state index contributed by atoms with van der Waals surface area (Å²) in [7, 11) is 0. The Morgan fingerprint density at radius 2 is 1.71 bits per heavy atom. The predicted octanol–water partition coefficient (Wildman–Crippen LogP) is 4.67. The van der Waals surface area contributed by atoms with E-state index in [4.69, 9.17) is 4.74 Å². The number of hydrogen-bond acceptors (Lipinski definition) is 2. The van der Waals surface area contributed by atoms with Gasteiger partial charge in [-0.15, -0.1) is 0 Å². The molecule has 0 aliphatic carbocycles. The first kappa shape index (κ1) is 15.3. The number of nitrogens with one attached hydrogen (secondary N) is 1. The van der Waals surface area contributed by atoms with Gasteiger partial charge in [0.2, 0.25) is 0 Å². The second-order valence-corrected chi connectivity index (χ2v) is 5.22. The molecule has 0 spiro atoms. The molecule has 0 atom stereocenters. The van der Waals surface area contributed by atoms with Crippen LogP contribution in [-0.4, -0.2) is 6.10 Å². The van der Waals surface area contributed by atoms with Crippen molar-refractivity contribution in [1.82, 2.24) is 0 Å². The Morgan fingerprint density at radius 3 is 2.33 bits per heavy atom. The molecule has 2 aromatic carbocycles. The minimum absolute atomic E-state index is 0.0856. The van der Waals surface area contributed by atoms with Crippen LogP contribution in [0, 0.1) is 18.6 Å². The van der Waals surface area contributed by atoms with Gasteiger partial charge in [0.05, 0.1) is 6.10 Å². The van der Waals surface area contributed by atoms with Crippen LogP contribution in [0.4, 0.5) is 14.5 Å². The van der Waals surface area contributed by atoms with Crippen LogP contribution in [0.25, 0.3) is 0 Å². The molecule has 0 amide bonds. The van der Waals surface area contributed by atoms with Crippen LogP contribution in [0.2, 0.25) is 0 Å². The van der Waals surface area contributed by atoms with Gasteiger partial charge in [-0.3, -0.25) is 0 Å². The highest BCUT2D eigenvalue weighted by Gasteiger charge is 2.10. The third kappa shape index (κ3) is 3.94. The Bertz CT molecular complexity index is 609. The highest BCUT2D eigenvalue weighted by atomic mass is 19.1. The number of anilines is 1. The second kappa shape index (κ2) is 6.57. The van der Waals surface area contributed by atoms with E-state index >= 15 is 0 Å². The Balaban J connectivity index is 2.05. The lowest BCUT2D eigenvalue weighted by Crippen LogP contribution is -2.06. The third-order valence-corrected chi connectivity index (χ3v) is 3.05. The molecule has 0 saturated carbocycles. The largest absolute Gasteiger partial charge is 0.491 e. The molecule has 0 aromatic heterocycles. The standard InChI is InChI=1S/C17H19F2NO/c1-11(2)21-14-7-5-13(6-8-14)10-20-17-15(18)9-4-12(3)16(17)19/h4-9,11,20H,10H2,1-3H3. The van der Waals surface area contributed by atoms with Crippen LogP contribution in [0.3, 0.4) is 0 Å². The lowest BCUT2D eigenvalue weighted by atomic mass is 10.1. The van der Waals surface area contributed by atoms with Crippen molar-refractivity contribution in [3.8, 4) is 5.75 Å². The smallest absolute Gasteiger partial charge is 0.152 e. The van der Waals surface area contributed by atoms with E-state index in [1.807, 2.05) is 38.1 Å². The predicted molar refractivity (Wildman–Crippen MR) is 80.6 cm³/mol. The summed E-state index contributed by atoms with van der Waals surface area (Å²) in [6.45, 7) is 5.87. The molecule has 0 fully saturated rings.